The van der Waals surface area contributed by atoms with E-state index in [-0.39, 0.29) is 5.91 Å². The molecule has 1 heterocycles. The third-order valence-corrected chi connectivity index (χ3v) is 4.18. The van der Waals surface area contributed by atoms with Gasteiger partial charge in [-0.25, -0.2) is 5.43 Å². The van der Waals surface area contributed by atoms with Gasteiger partial charge in [-0.05, 0) is 30.7 Å². The maximum absolute atomic E-state index is 12.5. The van der Waals surface area contributed by atoms with Gasteiger partial charge in [0.2, 0.25) is 0 Å². The third kappa shape index (κ3) is 3.39. The molecule has 0 unspecified atom stereocenters. The number of rotatable bonds is 6. The highest BCUT2D eigenvalue weighted by atomic mass is 16.5. The minimum absolute atomic E-state index is 0.256. The molecule has 0 aliphatic rings. The minimum Gasteiger partial charge on any atom is -0.493 e. The highest BCUT2D eigenvalue weighted by Gasteiger charge is 2.12. The number of hydrogen-bond acceptors (Lipinski definition) is 4. The van der Waals surface area contributed by atoms with Crippen LogP contribution < -0.4 is 14.9 Å². The van der Waals surface area contributed by atoms with Gasteiger partial charge in [0.15, 0.2) is 11.5 Å². The SMILES string of the molecule is CC/C(=N\NC(=O)c1c[nH]c2ccccc12)c1ccc(OC)c(OC)c1. The fourth-order valence-electron chi connectivity index (χ4n) is 2.80. The maximum Gasteiger partial charge on any atom is 0.273 e. The molecule has 2 aromatic carbocycles. The van der Waals surface area contributed by atoms with Crippen LogP contribution >= 0.6 is 0 Å². The van der Waals surface area contributed by atoms with Gasteiger partial charge in [-0.1, -0.05) is 25.1 Å². The molecule has 3 aromatic rings. The van der Waals surface area contributed by atoms with Crippen LogP contribution in [-0.2, 0) is 0 Å². The Labute approximate surface area is 151 Å². The smallest absolute Gasteiger partial charge is 0.273 e. The lowest BCUT2D eigenvalue weighted by atomic mass is 10.1. The Morgan fingerprint density at radius 3 is 2.62 bits per heavy atom. The quantitative estimate of drug-likeness (QED) is 0.525. The highest BCUT2D eigenvalue weighted by molar-refractivity contribution is 6.08. The second kappa shape index (κ2) is 7.74. The number of aromatic nitrogens is 1. The van der Waals surface area contributed by atoms with E-state index in [1.54, 1.807) is 20.4 Å². The molecule has 1 amide bonds. The Balaban J connectivity index is 1.84. The van der Waals surface area contributed by atoms with E-state index in [0.29, 0.717) is 23.5 Å². The predicted octanol–water partition coefficient (Wildman–Crippen LogP) is 3.73. The van der Waals surface area contributed by atoms with E-state index >= 15 is 0 Å². The molecule has 0 saturated heterocycles. The molecule has 0 bridgehead atoms. The van der Waals surface area contributed by atoms with Crippen molar-refractivity contribution in [2.24, 2.45) is 5.10 Å². The average molecular weight is 351 g/mol. The van der Waals surface area contributed by atoms with Gasteiger partial charge in [-0.2, -0.15) is 5.10 Å². The second-order valence-corrected chi connectivity index (χ2v) is 5.67. The summed E-state index contributed by atoms with van der Waals surface area (Å²) in [6.45, 7) is 1.98. The van der Waals surface area contributed by atoms with E-state index in [2.05, 4.69) is 15.5 Å². The van der Waals surface area contributed by atoms with Gasteiger partial charge in [0.25, 0.3) is 5.91 Å². The molecule has 6 heteroatoms. The zero-order valence-corrected chi connectivity index (χ0v) is 15.0. The first-order chi connectivity index (χ1) is 12.7. The molecule has 134 valence electrons. The zero-order valence-electron chi connectivity index (χ0n) is 15.0. The summed E-state index contributed by atoms with van der Waals surface area (Å²) in [4.78, 5) is 15.6. The van der Waals surface area contributed by atoms with Crippen LogP contribution in [0.25, 0.3) is 10.9 Å². The second-order valence-electron chi connectivity index (χ2n) is 5.67. The summed E-state index contributed by atoms with van der Waals surface area (Å²) in [5, 5.41) is 5.18. The molecule has 1 aromatic heterocycles. The number of benzene rings is 2. The number of amides is 1. The molecule has 0 fully saturated rings. The topological polar surface area (TPSA) is 75.7 Å². The number of methoxy groups -OCH3 is 2. The summed E-state index contributed by atoms with van der Waals surface area (Å²) in [7, 11) is 3.18. The average Bonchev–Trinajstić information content (AvgIpc) is 3.12. The number of hydrogen-bond donors (Lipinski definition) is 2. The molecule has 2 N–H and O–H groups in total. The fraction of sp³-hybridized carbons (Fsp3) is 0.200. The fourth-order valence-corrected chi connectivity index (χ4v) is 2.80. The van der Waals surface area contributed by atoms with E-state index in [1.165, 1.54) is 0 Å². The Hall–Kier alpha value is -3.28. The molecule has 3 rings (SSSR count). The Morgan fingerprint density at radius 1 is 1.12 bits per heavy atom. The van der Waals surface area contributed by atoms with Crippen molar-refractivity contribution in [2.45, 2.75) is 13.3 Å². The number of fused-ring (bicyclic) bond motifs is 1. The maximum atomic E-state index is 12.5. The first-order valence-corrected chi connectivity index (χ1v) is 8.33. The van der Waals surface area contributed by atoms with Crippen molar-refractivity contribution in [2.75, 3.05) is 14.2 Å². The standard InChI is InChI=1S/C20H21N3O3/c1-4-16(13-9-10-18(25-2)19(11-13)26-3)22-23-20(24)15-12-21-17-8-6-5-7-14(15)17/h5-12,21H,4H2,1-3H3,(H,23,24)/b22-16+. The molecule has 26 heavy (non-hydrogen) atoms. The number of ether oxygens (including phenoxy) is 2. The minimum atomic E-state index is -0.256. The number of aromatic amines is 1. The first-order valence-electron chi connectivity index (χ1n) is 8.33. The monoisotopic (exact) mass is 351 g/mol. The number of carbonyl (C=O) groups is 1. The van der Waals surface area contributed by atoms with E-state index in [0.717, 1.165) is 22.2 Å². The molecule has 0 aliphatic carbocycles. The summed E-state index contributed by atoms with van der Waals surface area (Å²) in [5.74, 6) is 1.01. The van der Waals surface area contributed by atoms with Gasteiger partial charge in [-0.15, -0.1) is 0 Å². The summed E-state index contributed by atoms with van der Waals surface area (Å²) in [5.41, 5.74) is 5.74. The van der Waals surface area contributed by atoms with E-state index in [1.807, 2.05) is 49.4 Å². The molecule has 0 radical (unpaired) electrons. The Morgan fingerprint density at radius 2 is 1.88 bits per heavy atom. The number of H-pyrrole nitrogens is 1. The van der Waals surface area contributed by atoms with Gasteiger partial charge in [-0.3, -0.25) is 4.79 Å². The van der Waals surface area contributed by atoms with Crippen molar-refractivity contribution in [1.29, 1.82) is 0 Å². The molecule has 6 nitrogen and oxygen atoms in total. The zero-order chi connectivity index (χ0) is 18.5. The van der Waals surface area contributed by atoms with Gasteiger partial charge in [0.05, 0.1) is 25.5 Å². The van der Waals surface area contributed by atoms with Crippen molar-refractivity contribution < 1.29 is 14.3 Å². The lowest BCUT2D eigenvalue weighted by Gasteiger charge is -2.10. The molecular weight excluding hydrogens is 330 g/mol. The van der Waals surface area contributed by atoms with Crippen molar-refractivity contribution in [1.82, 2.24) is 10.4 Å². The molecule has 0 aliphatic heterocycles. The van der Waals surface area contributed by atoms with Crippen molar-refractivity contribution in [3.8, 4) is 11.5 Å². The Bertz CT molecular complexity index is 960. The Kier molecular flexibility index (Phi) is 5.22. The van der Waals surface area contributed by atoms with Gasteiger partial charge < -0.3 is 14.5 Å². The van der Waals surface area contributed by atoms with Gasteiger partial charge in [0.1, 0.15) is 0 Å². The van der Waals surface area contributed by atoms with Crippen LogP contribution in [0.5, 0.6) is 11.5 Å². The number of para-hydroxylation sites is 1. The lowest BCUT2D eigenvalue weighted by molar-refractivity contribution is 0.0956. The van der Waals surface area contributed by atoms with Crippen LogP contribution in [0.4, 0.5) is 0 Å². The largest absolute Gasteiger partial charge is 0.493 e. The first kappa shape index (κ1) is 17.5. The summed E-state index contributed by atoms with van der Waals surface area (Å²) < 4.78 is 10.6. The van der Waals surface area contributed by atoms with Crippen molar-refractivity contribution in [3.63, 3.8) is 0 Å². The van der Waals surface area contributed by atoms with Crippen LogP contribution in [0.2, 0.25) is 0 Å². The van der Waals surface area contributed by atoms with Crippen molar-refractivity contribution in [3.05, 3.63) is 59.8 Å². The van der Waals surface area contributed by atoms with Gasteiger partial charge in [0, 0.05) is 22.7 Å². The molecule has 0 spiro atoms. The van der Waals surface area contributed by atoms with Gasteiger partial charge >= 0.3 is 0 Å². The van der Waals surface area contributed by atoms with Crippen LogP contribution in [0, 0.1) is 0 Å². The lowest BCUT2D eigenvalue weighted by Crippen LogP contribution is -2.19. The summed E-state index contributed by atoms with van der Waals surface area (Å²) in [6.07, 6.45) is 2.35. The van der Waals surface area contributed by atoms with Crippen molar-refractivity contribution >= 4 is 22.5 Å². The number of hydrazone groups is 1. The van der Waals surface area contributed by atoms with Crippen LogP contribution in [0.1, 0.15) is 29.3 Å². The number of nitrogens with one attached hydrogen (secondary N) is 2. The van der Waals surface area contributed by atoms with E-state index in [4.69, 9.17) is 9.47 Å². The van der Waals surface area contributed by atoms with Crippen LogP contribution in [0.3, 0.4) is 0 Å². The number of nitrogens with zero attached hydrogens (tertiary/aromatic N) is 1. The molecule has 0 atom stereocenters. The normalized spacial score (nSPS) is 11.4. The van der Waals surface area contributed by atoms with E-state index < -0.39 is 0 Å². The highest BCUT2D eigenvalue weighted by Crippen LogP contribution is 2.28. The third-order valence-electron chi connectivity index (χ3n) is 4.18. The predicted molar refractivity (Wildman–Crippen MR) is 102 cm³/mol. The summed E-state index contributed by atoms with van der Waals surface area (Å²) >= 11 is 0. The number of carbonyl (C=O) groups excluding carboxylic acids is 1. The van der Waals surface area contributed by atoms with Crippen LogP contribution in [-0.4, -0.2) is 30.8 Å². The molecular formula is C20H21N3O3. The van der Waals surface area contributed by atoms with Crippen LogP contribution in [0.15, 0.2) is 53.8 Å². The van der Waals surface area contributed by atoms with E-state index in [9.17, 15) is 4.79 Å². The molecule has 0 saturated carbocycles. The summed E-state index contributed by atoms with van der Waals surface area (Å²) in [6, 6.07) is 13.2.